The summed E-state index contributed by atoms with van der Waals surface area (Å²) in [5.41, 5.74) is -0.329. The third kappa shape index (κ3) is 4.51. The molecule has 1 heterocycles. The van der Waals surface area contributed by atoms with Crippen LogP contribution in [0.3, 0.4) is 0 Å². The lowest BCUT2D eigenvalue weighted by molar-refractivity contribution is 0.218. The van der Waals surface area contributed by atoms with Gasteiger partial charge in [-0.25, -0.2) is 0 Å². The largest absolute Gasteiger partial charge is 0.303 e. The summed E-state index contributed by atoms with van der Waals surface area (Å²) in [7, 11) is 0. The Morgan fingerprint density at radius 1 is 1.31 bits per heavy atom. The van der Waals surface area contributed by atoms with Crippen LogP contribution in [0, 0.1) is 11.3 Å². The molecule has 0 aromatic carbocycles. The van der Waals surface area contributed by atoms with Gasteiger partial charge in [0.25, 0.3) is 0 Å². The highest BCUT2D eigenvalue weighted by Gasteiger charge is 2.22. The highest BCUT2D eigenvalue weighted by Crippen LogP contribution is 2.14. The zero-order valence-electron chi connectivity index (χ0n) is 10.8. The van der Waals surface area contributed by atoms with Crippen LogP contribution in [0.25, 0.3) is 0 Å². The first-order valence-electron chi connectivity index (χ1n) is 6.59. The molecule has 16 heavy (non-hydrogen) atoms. The Labute approximate surface area is 99.8 Å². The monoisotopic (exact) mass is 223 g/mol. The maximum Gasteiger partial charge on any atom is 0.103 e. The van der Waals surface area contributed by atoms with Crippen LogP contribution < -0.4 is 5.32 Å². The van der Waals surface area contributed by atoms with Crippen LogP contribution in [0.2, 0.25) is 0 Å². The highest BCUT2D eigenvalue weighted by molar-refractivity contribution is 5.03. The molecule has 1 aliphatic heterocycles. The van der Waals surface area contributed by atoms with Crippen molar-refractivity contribution in [3.8, 4) is 6.07 Å². The molecule has 1 rings (SSSR count). The third-order valence-corrected chi connectivity index (χ3v) is 3.41. The summed E-state index contributed by atoms with van der Waals surface area (Å²) >= 11 is 0. The van der Waals surface area contributed by atoms with Crippen LogP contribution in [0.5, 0.6) is 0 Å². The molecule has 1 fully saturated rings. The van der Waals surface area contributed by atoms with Crippen molar-refractivity contribution in [1.82, 2.24) is 10.2 Å². The predicted molar refractivity (Wildman–Crippen MR) is 67.2 cm³/mol. The molecule has 3 nitrogen and oxygen atoms in total. The summed E-state index contributed by atoms with van der Waals surface area (Å²) in [6, 6.07) is 2.39. The first-order valence-corrected chi connectivity index (χ1v) is 6.59. The fourth-order valence-electron chi connectivity index (χ4n) is 2.41. The van der Waals surface area contributed by atoms with E-state index >= 15 is 0 Å². The SMILES string of the molecule is CCNC(C)(C#N)CCCN1CCCCC1. The van der Waals surface area contributed by atoms with Crippen LogP contribution in [-0.2, 0) is 0 Å². The van der Waals surface area contributed by atoms with Crippen molar-refractivity contribution < 1.29 is 0 Å². The second-order valence-electron chi connectivity index (χ2n) is 4.98. The van der Waals surface area contributed by atoms with Crippen molar-refractivity contribution in [2.45, 2.75) is 51.5 Å². The van der Waals surface area contributed by atoms with Gasteiger partial charge in [0.05, 0.1) is 6.07 Å². The molecular weight excluding hydrogens is 198 g/mol. The maximum absolute atomic E-state index is 9.13. The molecule has 0 aromatic rings. The molecule has 92 valence electrons. The van der Waals surface area contributed by atoms with Crippen LogP contribution in [0.4, 0.5) is 0 Å². The van der Waals surface area contributed by atoms with Gasteiger partial charge in [0.2, 0.25) is 0 Å². The van der Waals surface area contributed by atoms with Gasteiger partial charge in [-0.3, -0.25) is 5.32 Å². The molecule has 0 spiro atoms. The van der Waals surface area contributed by atoms with Gasteiger partial charge in [0.15, 0.2) is 0 Å². The minimum Gasteiger partial charge on any atom is -0.303 e. The normalized spacial score (nSPS) is 21.3. The van der Waals surface area contributed by atoms with Crippen molar-refractivity contribution in [1.29, 1.82) is 5.26 Å². The molecular formula is C13H25N3. The summed E-state index contributed by atoms with van der Waals surface area (Å²) in [4.78, 5) is 2.53. The minimum atomic E-state index is -0.329. The van der Waals surface area contributed by atoms with Crippen LogP contribution >= 0.6 is 0 Å². The second-order valence-corrected chi connectivity index (χ2v) is 4.98. The van der Waals surface area contributed by atoms with Crippen molar-refractivity contribution in [2.75, 3.05) is 26.2 Å². The summed E-state index contributed by atoms with van der Waals surface area (Å²) in [6.45, 7) is 8.60. The van der Waals surface area contributed by atoms with E-state index in [1.165, 1.54) is 32.4 Å². The zero-order chi connectivity index (χ0) is 11.9. The molecule has 0 radical (unpaired) electrons. The summed E-state index contributed by atoms with van der Waals surface area (Å²) < 4.78 is 0. The number of rotatable bonds is 6. The zero-order valence-corrected chi connectivity index (χ0v) is 10.8. The van der Waals surface area contributed by atoms with Gasteiger partial charge in [0, 0.05) is 0 Å². The Morgan fingerprint density at radius 2 is 2.00 bits per heavy atom. The van der Waals surface area contributed by atoms with Gasteiger partial charge in [-0.15, -0.1) is 0 Å². The van der Waals surface area contributed by atoms with Gasteiger partial charge < -0.3 is 4.90 Å². The van der Waals surface area contributed by atoms with Crippen molar-refractivity contribution in [3.63, 3.8) is 0 Å². The van der Waals surface area contributed by atoms with Gasteiger partial charge in [-0.2, -0.15) is 5.26 Å². The lowest BCUT2D eigenvalue weighted by Crippen LogP contribution is -2.41. The minimum absolute atomic E-state index is 0.329. The van der Waals surface area contributed by atoms with E-state index < -0.39 is 0 Å². The number of likely N-dealkylation sites (tertiary alicyclic amines) is 1. The first-order chi connectivity index (χ1) is 7.70. The topological polar surface area (TPSA) is 39.1 Å². The molecule has 1 saturated heterocycles. The third-order valence-electron chi connectivity index (χ3n) is 3.41. The quantitative estimate of drug-likeness (QED) is 0.750. The van der Waals surface area contributed by atoms with E-state index in [1.807, 2.05) is 6.92 Å². The summed E-state index contributed by atoms with van der Waals surface area (Å²) in [5.74, 6) is 0. The number of piperidine rings is 1. The lowest BCUT2D eigenvalue weighted by atomic mass is 9.97. The summed E-state index contributed by atoms with van der Waals surface area (Å²) in [5, 5.41) is 12.4. The van der Waals surface area contributed by atoms with Crippen molar-refractivity contribution in [2.24, 2.45) is 0 Å². The molecule has 1 N–H and O–H groups in total. The van der Waals surface area contributed by atoms with Crippen LogP contribution in [0.15, 0.2) is 0 Å². The number of hydrogen-bond acceptors (Lipinski definition) is 3. The predicted octanol–water partition coefficient (Wildman–Crippen LogP) is 2.14. The molecule has 0 amide bonds. The average Bonchev–Trinajstić information content (AvgIpc) is 2.31. The van der Waals surface area contributed by atoms with Crippen molar-refractivity contribution >= 4 is 0 Å². The first kappa shape index (κ1) is 13.5. The van der Waals surface area contributed by atoms with E-state index in [2.05, 4.69) is 23.2 Å². The van der Waals surface area contributed by atoms with Gasteiger partial charge in [-0.1, -0.05) is 13.3 Å². The Bertz CT molecular complexity index is 228. The fourth-order valence-corrected chi connectivity index (χ4v) is 2.41. The standard InChI is InChI=1S/C13H25N3/c1-3-15-13(2,12-14)8-7-11-16-9-5-4-6-10-16/h15H,3-11H2,1-2H3. The van der Waals surface area contributed by atoms with E-state index in [1.54, 1.807) is 0 Å². The molecule has 1 atom stereocenters. The van der Waals surface area contributed by atoms with Crippen LogP contribution in [-0.4, -0.2) is 36.6 Å². The van der Waals surface area contributed by atoms with Gasteiger partial charge in [0.1, 0.15) is 5.54 Å². The van der Waals surface area contributed by atoms with E-state index in [9.17, 15) is 0 Å². The Hall–Kier alpha value is -0.590. The van der Waals surface area contributed by atoms with Crippen LogP contribution in [0.1, 0.15) is 46.0 Å². The Balaban J connectivity index is 2.20. The number of nitrogens with zero attached hydrogens (tertiary/aromatic N) is 2. The molecule has 0 aliphatic carbocycles. The molecule has 1 unspecified atom stereocenters. The van der Waals surface area contributed by atoms with E-state index in [0.29, 0.717) is 0 Å². The smallest absolute Gasteiger partial charge is 0.103 e. The Morgan fingerprint density at radius 3 is 2.56 bits per heavy atom. The fraction of sp³-hybridized carbons (Fsp3) is 0.923. The van der Waals surface area contributed by atoms with E-state index in [4.69, 9.17) is 5.26 Å². The van der Waals surface area contributed by atoms with Gasteiger partial charge >= 0.3 is 0 Å². The molecule has 1 aliphatic rings. The van der Waals surface area contributed by atoms with Gasteiger partial charge in [-0.05, 0) is 58.8 Å². The number of hydrogen-bond donors (Lipinski definition) is 1. The molecule has 0 aromatic heterocycles. The highest BCUT2D eigenvalue weighted by atomic mass is 15.1. The lowest BCUT2D eigenvalue weighted by Gasteiger charge is -2.28. The van der Waals surface area contributed by atoms with E-state index in [0.717, 1.165) is 25.9 Å². The Kier molecular flexibility index (Phi) is 5.79. The van der Waals surface area contributed by atoms with E-state index in [-0.39, 0.29) is 5.54 Å². The molecule has 0 saturated carbocycles. The molecule has 3 heteroatoms. The number of nitriles is 1. The maximum atomic E-state index is 9.13. The van der Waals surface area contributed by atoms with Crippen molar-refractivity contribution in [3.05, 3.63) is 0 Å². The summed E-state index contributed by atoms with van der Waals surface area (Å²) in [6.07, 6.45) is 6.17. The second kappa shape index (κ2) is 6.88. The average molecular weight is 223 g/mol. The molecule has 0 bridgehead atoms. The number of nitrogens with one attached hydrogen (secondary N) is 1.